The van der Waals surface area contributed by atoms with Gasteiger partial charge in [-0.1, -0.05) is 0 Å². The second-order valence-electron chi connectivity index (χ2n) is 5.00. The van der Waals surface area contributed by atoms with E-state index in [9.17, 15) is 0 Å². The van der Waals surface area contributed by atoms with Crippen molar-refractivity contribution in [1.82, 2.24) is 0 Å². The molecule has 2 aliphatic carbocycles. The Balaban J connectivity index is 1.82. The first-order valence-electron chi connectivity index (χ1n) is 6.68. The first-order chi connectivity index (χ1) is 9.43. The van der Waals surface area contributed by atoms with Crippen LogP contribution in [0, 0.1) is 0 Å². The zero-order valence-electron chi connectivity index (χ0n) is 10.6. The monoisotopic (exact) mass is 281 g/mol. The molecule has 2 aromatic rings. The summed E-state index contributed by atoms with van der Waals surface area (Å²) in [5.41, 5.74) is 5.97. The summed E-state index contributed by atoms with van der Waals surface area (Å²) in [7, 11) is 0. The summed E-state index contributed by atoms with van der Waals surface area (Å²) in [6.45, 7) is 0. The summed E-state index contributed by atoms with van der Waals surface area (Å²) in [6.07, 6.45) is 7.97. The number of rotatable bonds is 2. The van der Waals surface area contributed by atoms with Crippen LogP contribution in [-0.2, 0) is 16.3 Å². The van der Waals surface area contributed by atoms with Gasteiger partial charge in [-0.3, -0.25) is 0 Å². The molecule has 2 aliphatic rings. The fourth-order valence-electron chi connectivity index (χ4n) is 2.97. The fraction of sp³-hybridized carbons (Fsp3) is 0.111. The molecule has 91 valence electrons. The maximum atomic E-state index is 2.32. The van der Waals surface area contributed by atoms with E-state index in [0.29, 0.717) is 4.63 Å². The summed E-state index contributed by atoms with van der Waals surface area (Å²) in [4.78, 5) is 0. The second kappa shape index (κ2) is 4.56. The average molecular weight is 281 g/mol. The summed E-state index contributed by atoms with van der Waals surface area (Å²) in [6, 6.07) is 17.9. The molecule has 0 unspecified atom stereocenters. The van der Waals surface area contributed by atoms with E-state index in [4.69, 9.17) is 0 Å². The van der Waals surface area contributed by atoms with Gasteiger partial charge in [-0.15, -0.1) is 0 Å². The predicted octanol–water partition coefficient (Wildman–Crippen LogP) is 4.68. The van der Waals surface area contributed by atoms with Crippen LogP contribution in [0.2, 0.25) is 0 Å². The van der Waals surface area contributed by atoms with Gasteiger partial charge in [0.15, 0.2) is 0 Å². The van der Waals surface area contributed by atoms with Gasteiger partial charge < -0.3 is 0 Å². The molecular weight excluding hydrogens is 267 g/mol. The maximum absolute atomic E-state index is 2.32. The van der Waals surface area contributed by atoms with Gasteiger partial charge in [0.2, 0.25) is 0 Å². The van der Waals surface area contributed by atoms with Crippen LogP contribution in [0.3, 0.4) is 0 Å². The van der Waals surface area contributed by atoms with E-state index in [2.05, 4.69) is 66.8 Å². The standard InChI is InChI=1S/C13H9.C5H5.V/c1-3-7-12-10(5-1)9-11-6-2-4-8-13(11)12;1-2-4-5-3-1;/h1-9H;1-3H,4H2;. The Morgan fingerprint density at radius 2 is 1.47 bits per heavy atom. The molecule has 0 nitrogen and oxygen atoms in total. The van der Waals surface area contributed by atoms with E-state index in [1.807, 2.05) is 0 Å². The van der Waals surface area contributed by atoms with Crippen molar-refractivity contribution in [3.8, 4) is 11.1 Å². The molecule has 0 amide bonds. The molecule has 0 saturated heterocycles. The molecule has 0 aliphatic heterocycles. The first kappa shape index (κ1) is 11.3. The van der Waals surface area contributed by atoms with E-state index >= 15 is 0 Å². The fourth-order valence-corrected chi connectivity index (χ4v) is 5.22. The van der Waals surface area contributed by atoms with Gasteiger partial charge in [-0.05, 0) is 0 Å². The van der Waals surface area contributed by atoms with Gasteiger partial charge in [-0.2, -0.15) is 0 Å². The summed E-state index contributed by atoms with van der Waals surface area (Å²) in [5, 5.41) is 0. The van der Waals surface area contributed by atoms with E-state index in [0.717, 1.165) is 0 Å². The normalized spacial score (nSPS) is 16.1. The molecular formula is C18H14V. The summed E-state index contributed by atoms with van der Waals surface area (Å²) >= 11 is 0.203. The first-order valence-corrected chi connectivity index (χ1v) is 8.19. The van der Waals surface area contributed by atoms with Gasteiger partial charge in [0.1, 0.15) is 0 Å². The van der Waals surface area contributed by atoms with Gasteiger partial charge in [0.05, 0.1) is 0 Å². The number of allylic oxidation sites excluding steroid dienone is 4. The van der Waals surface area contributed by atoms with Gasteiger partial charge in [0, 0.05) is 0 Å². The quantitative estimate of drug-likeness (QED) is 0.749. The van der Waals surface area contributed by atoms with Crippen LogP contribution in [0.4, 0.5) is 0 Å². The van der Waals surface area contributed by atoms with Crippen LogP contribution in [0.25, 0.3) is 11.1 Å². The van der Waals surface area contributed by atoms with Crippen LogP contribution in [-0.4, -0.2) is 0 Å². The topological polar surface area (TPSA) is 0 Å². The third-order valence-corrected chi connectivity index (χ3v) is 6.16. The Bertz CT molecular complexity index is 649. The minimum absolute atomic E-state index is 0.203. The van der Waals surface area contributed by atoms with Crippen LogP contribution < -0.4 is 0 Å². The SMILES string of the molecule is C1=CC[C]([V][CH]2c3ccccc3-c3ccccc32)=C1. The Hall–Kier alpha value is -1.50. The molecule has 0 aromatic heterocycles. The molecule has 4 rings (SSSR count). The molecule has 0 heterocycles. The molecule has 1 heteroatoms. The molecule has 0 radical (unpaired) electrons. The van der Waals surface area contributed by atoms with Gasteiger partial charge >= 0.3 is 121 Å². The molecule has 2 aromatic carbocycles. The van der Waals surface area contributed by atoms with Gasteiger partial charge in [0.25, 0.3) is 0 Å². The number of hydrogen-bond acceptors (Lipinski definition) is 0. The van der Waals surface area contributed by atoms with E-state index in [-0.39, 0.29) is 16.3 Å². The molecule has 0 fully saturated rings. The molecule has 19 heavy (non-hydrogen) atoms. The van der Waals surface area contributed by atoms with Crippen molar-refractivity contribution in [2.45, 2.75) is 11.1 Å². The van der Waals surface area contributed by atoms with E-state index in [1.54, 1.807) is 4.28 Å². The van der Waals surface area contributed by atoms with E-state index < -0.39 is 0 Å². The predicted molar refractivity (Wildman–Crippen MR) is 75.6 cm³/mol. The average Bonchev–Trinajstić information content (AvgIpc) is 3.08. The van der Waals surface area contributed by atoms with Crippen molar-refractivity contribution in [2.24, 2.45) is 0 Å². The van der Waals surface area contributed by atoms with Crippen LogP contribution in [0.1, 0.15) is 22.2 Å². The van der Waals surface area contributed by atoms with Crippen molar-refractivity contribution in [2.75, 3.05) is 0 Å². The Kier molecular flexibility index (Phi) is 2.72. The minimum atomic E-state index is 0.203. The molecule has 0 saturated carbocycles. The third-order valence-electron chi connectivity index (χ3n) is 3.85. The third kappa shape index (κ3) is 1.83. The Morgan fingerprint density at radius 3 is 2.05 bits per heavy atom. The van der Waals surface area contributed by atoms with Crippen molar-refractivity contribution < 1.29 is 16.3 Å². The molecule has 0 atom stereocenters. The summed E-state index contributed by atoms with van der Waals surface area (Å²) < 4.78 is 2.28. The zero-order chi connectivity index (χ0) is 12.7. The number of hydrogen-bond donors (Lipinski definition) is 0. The van der Waals surface area contributed by atoms with Crippen molar-refractivity contribution in [1.29, 1.82) is 0 Å². The summed E-state index contributed by atoms with van der Waals surface area (Å²) in [5.74, 6) is 0. The van der Waals surface area contributed by atoms with Crippen molar-refractivity contribution >= 4 is 0 Å². The zero-order valence-corrected chi connectivity index (χ0v) is 12.0. The van der Waals surface area contributed by atoms with Crippen LogP contribution in [0.15, 0.2) is 71.0 Å². The Morgan fingerprint density at radius 1 is 0.842 bits per heavy atom. The number of benzene rings is 2. The van der Waals surface area contributed by atoms with Crippen molar-refractivity contribution in [3.05, 3.63) is 82.2 Å². The number of fused-ring (bicyclic) bond motifs is 3. The van der Waals surface area contributed by atoms with Gasteiger partial charge in [-0.25, -0.2) is 0 Å². The molecule has 0 spiro atoms. The Labute approximate surface area is 120 Å². The van der Waals surface area contributed by atoms with E-state index in [1.165, 1.54) is 28.7 Å². The van der Waals surface area contributed by atoms with Crippen LogP contribution >= 0.6 is 0 Å². The molecule has 0 bridgehead atoms. The van der Waals surface area contributed by atoms with Crippen LogP contribution in [0.5, 0.6) is 0 Å². The second-order valence-corrected chi connectivity index (χ2v) is 7.10. The molecule has 0 N–H and O–H groups in total. The van der Waals surface area contributed by atoms with Crippen molar-refractivity contribution in [3.63, 3.8) is 0 Å².